The van der Waals surface area contributed by atoms with E-state index in [1.54, 1.807) is 11.3 Å². The summed E-state index contributed by atoms with van der Waals surface area (Å²) in [4.78, 5) is 14.1. The maximum atomic E-state index is 12.1. The van der Waals surface area contributed by atoms with Gasteiger partial charge in [-0.3, -0.25) is 9.69 Å². The number of hydrogen-bond acceptors (Lipinski definition) is 4. The van der Waals surface area contributed by atoms with Crippen LogP contribution in [0.2, 0.25) is 0 Å². The zero-order valence-electron chi connectivity index (χ0n) is 14.3. The molecule has 130 valence electrons. The van der Waals surface area contributed by atoms with E-state index < -0.39 is 0 Å². The van der Waals surface area contributed by atoms with Crippen molar-refractivity contribution >= 4 is 27.3 Å². The van der Waals surface area contributed by atoms with Crippen molar-refractivity contribution in [2.24, 2.45) is 0 Å². The van der Waals surface area contributed by atoms with E-state index in [0.717, 1.165) is 12.3 Å². The molecular weight excluding hydrogens is 332 g/mol. The molecule has 0 spiro atoms. The molecule has 3 rings (SSSR count). The van der Waals surface area contributed by atoms with Crippen molar-refractivity contribution in [2.75, 3.05) is 26.7 Å². The van der Waals surface area contributed by atoms with Crippen LogP contribution in [0.3, 0.4) is 0 Å². The average Bonchev–Trinajstić information content (AvgIpc) is 3.02. The summed E-state index contributed by atoms with van der Waals surface area (Å²) in [5, 5.41) is 6.35. The highest BCUT2D eigenvalue weighted by atomic mass is 32.1. The number of fused-ring (bicyclic) bond motifs is 1. The second-order valence-electron chi connectivity index (χ2n) is 5.94. The molecule has 0 atom stereocenters. The number of para-hydroxylation sites is 1. The maximum Gasteiger partial charge on any atom is 0.234 e. The summed E-state index contributed by atoms with van der Waals surface area (Å²) >= 11 is 1.75. The minimum absolute atomic E-state index is 0.0127. The summed E-state index contributed by atoms with van der Waals surface area (Å²) in [6.07, 6.45) is 0. The van der Waals surface area contributed by atoms with Gasteiger partial charge in [-0.25, -0.2) is 0 Å². The lowest BCUT2D eigenvalue weighted by Gasteiger charge is -2.16. The number of benzene rings is 2. The van der Waals surface area contributed by atoms with Gasteiger partial charge in [-0.15, -0.1) is 11.3 Å². The number of thiophene rings is 1. The van der Waals surface area contributed by atoms with Gasteiger partial charge >= 0.3 is 0 Å². The number of amides is 1. The summed E-state index contributed by atoms with van der Waals surface area (Å²) < 4.78 is 6.85. The van der Waals surface area contributed by atoms with Crippen molar-refractivity contribution < 1.29 is 9.53 Å². The van der Waals surface area contributed by atoms with Crippen LogP contribution in [-0.2, 0) is 11.3 Å². The highest BCUT2D eigenvalue weighted by Gasteiger charge is 2.10. The van der Waals surface area contributed by atoms with Gasteiger partial charge in [0.15, 0.2) is 0 Å². The summed E-state index contributed by atoms with van der Waals surface area (Å²) in [6, 6.07) is 18.0. The first-order valence-corrected chi connectivity index (χ1v) is 9.18. The van der Waals surface area contributed by atoms with Crippen LogP contribution in [0.15, 0.2) is 60.0 Å². The van der Waals surface area contributed by atoms with Crippen molar-refractivity contribution in [3.05, 3.63) is 65.5 Å². The van der Waals surface area contributed by atoms with Crippen LogP contribution in [-0.4, -0.2) is 37.6 Å². The molecule has 1 heterocycles. The van der Waals surface area contributed by atoms with Gasteiger partial charge in [0.05, 0.1) is 13.1 Å². The van der Waals surface area contributed by atoms with E-state index >= 15 is 0 Å². The lowest BCUT2D eigenvalue weighted by atomic mass is 10.2. The molecule has 0 aliphatic heterocycles. The second-order valence-corrected chi connectivity index (χ2v) is 6.85. The first kappa shape index (κ1) is 17.5. The average molecular weight is 354 g/mol. The van der Waals surface area contributed by atoms with E-state index in [2.05, 4.69) is 35.0 Å². The molecular formula is C20H22N2O2S. The van der Waals surface area contributed by atoms with Crippen LogP contribution in [0, 0.1) is 0 Å². The maximum absolute atomic E-state index is 12.1. The van der Waals surface area contributed by atoms with Gasteiger partial charge in [0.25, 0.3) is 0 Å². The molecule has 0 aliphatic rings. The molecule has 0 unspecified atom stereocenters. The number of rotatable bonds is 8. The summed E-state index contributed by atoms with van der Waals surface area (Å²) in [7, 11) is 1.96. The normalized spacial score (nSPS) is 11.0. The summed E-state index contributed by atoms with van der Waals surface area (Å²) in [5.74, 6) is 0.830. The van der Waals surface area contributed by atoms with Gasteiger partial charge in [-0.1, -0.05) is 36.4 Å². The molecule has 0 bridgehead atoms. The zero-order chi connectivity index (χ0) is 17.5. The Kier molecular flexibility index (Phi) is 6.04. The second kappa shape index (κ2) is 8.65. The molecule has 3 aromatic rings. The van der Waals surface area contributed by atoms with Crippen molar-refractivity contribution in [1.29, 1.82) is 0 Å². The van der Waals surface area contributed by atoms with E-state index in [-0.39, 0.29) is 5.91 Å². The standard InChI is InChI=1S/C20H22N2O2S/c1-22(13-16-15-25-19-10-6-5-9-18(16)19)14-20(23)21-11-12-24-17-7-3-2-4-8-17/h2-10,15H,11-14H2,1H3,(H,21,23). The van der Waals surface area contributed by atoms with E-state index in [4.69, 9.17) is 4.74 Å². The Bertz CT molecular complexity index is 817. The Labute approximate surface area is 152 Å². The Balaban J connectivity index is 1.40. The van der Waals surface area contributed by atoms with E-state index in [1.165, 1.54) is 15.6 Å². The van der Waals surface area contributed by atoms with E-state index in [9.17, 15) is 4.79 Å². The molecule has 0 aliphatic carbocycles. The van der Waals surface area contributed by atoms with Gasteiger partial charge < -0.3 is 10.1 Å². The molecule has 0 fully saturated rings. The first-order valence-electron chi connectivity index (χ1n) is 8.30. The number of hydrogen-bond donors (Lipinski definition) is 1. The number of ether oxygens (including phenoxy) is 1. The molecule has 0 saturated carbocycles. The molecule has 1 N–H and O–H groups in total. The fraction of sp³-hybridized carbons (Fsp3) is 0.250. The number of nitrogens with one attached hydrogen (secondary N) is 1. The molecule has 2 aromatic carbocycles. The fourth-order valence-corrected chi connectivity index (χ4v) is 3.63. The third-order valence-electron chi connectivity index (χ3n) is 3.85. The van der Waals surface area contributed by atoms with Crippen molar-refractivity contribution in [3.63, 3.8) is 0 Å². The lowest BCUT2D eigenvalue weighted by Crippen LogP contribution is -2.36. The topological polar surface area (TPSA) is 41.6 Å². The van der Waals surface area contributed by atoms with Crippen LogP contribution < -0.4 is 10.1 Å². The zero-order valence-corrected chi connectivity index (χ0v) is 15.1. The molecule has 25 heavy (non-hydrogen) atoms. The Hall–Kier alpha value is -2.37. The van der Waals surface area contributed by atoms with Gasteiger partial charge in [0.2, 0.25) is 5.91 Å². The fourth-order valence-electron chi connectivity index (χ4n) is 2.68. The SMILES string of the molecule is CN(CC(=O)NCCOc1ccccc1)Cc1csc2ccccc12. The predicted molar refractivity (Wildman–Crippen MR) is 103 cm³/mol. The van der Waals surface area contributed by atoms with Crippen molar-refractivity contribution in [2.45, 2.75) is 6.54 Å². The van der Waals surface area contributed by atoms with Crippen molar-refractivity contribution in [3.8, 4) is 5.75 Å². The third kappa shape index (κ3) is 5.05. The van der Waals surface area contributed by atoms with Gasteiger partial charge in [-0.2, -0.15) is 0 Å². The van der Waals surface area contributed by atoms with Crippen LogP contribution >= 0.6 is 11.3 Å². The van der Waals surface area contributed by atoms with Crippen LogP contribution in [0.4, 0.5) is 0 Å². The Morgan fingerprint density at radius 2 is 1.88 bits per heavy atom. The Morgan fingerprint density at radius 3 is 2.72 bits per heavy atom. The van der Waals surface area contributed by atoms with Crippen LogP contribution in [0.25, 0.3) is 10.1 Å². The lowest BCUT2D eigenvalue weighted by molar-refractivity contribution is -0.122. The minimum atomic E-state index is 0.0127. The van der Waals surface area contributed by atoms with Gasteiger partial charge in [0.1, 0.15) is 12.4 Å². The molecule has 1 amide bonds. The summed E-state index contributed by atoms with van der Waals surface area (Å²) in [6.45, 7) is 2.10. The van der Waals surface area contributed by atoms with E-state index in [1.807, 2.05) is 42.3 Å². The third-order valence-corrected chi connectivity index (χ3v) is 4.86. The molecule has 1 aromatic heterocycles. The monoisotopic (exact) mass is 354 g/mol. The van der Waals surface area contributed by atoms with Crippen LogP contribution in [0.5, 0.6) is 5.75 Å². The van der Waals surface area contributed by atoms with Crippen LogP contribution in [0.1, 0.15) is 5.56 Å². The minimum Gasteiger partial charge on any atom is -0.492 e. The molecule has 0 saturated heterocycles. The number of carbonyl (C=O) groups is 1. The summed E-state index contributed by atoms with van der Waals surface area (Å²) in [5.41, 5.74) is 1.27. The molecule has 0 radical (unpaired) electrons. The highest BCUT2D eigenvalue weighted by molar-refractivity contribution is 7.17. The highest BCUT2D eigenvalue weighted by Crippen LogP contribution is 2.26. The smallest absolute Gasteiger partial charge is 0.234 e. The predicted octanol–water partition coefficient (Wildman–Crippen LogP) is 3.53. The quantitative estimate of drug-likeness (QED) is 0.629. The molecule has 5 heteroatoms. The first-order chi connectivity index (χ1) is 12.2. The number of nitrogens with zero attached hydrogens (tertiary/aromatic N) is 1. The van der Waals surface area contributed by atoms with E-state index in [0.29, 0.717) is 19.7 Å². The number of likely N-dealkylation sites (N-methyl/N-ethyl adjacent to an activating group) is 1. The van der Waals surface area contributed by atoms with Gasteiger partial charge in [-0.05, 0) is 41.6 Å². The molecule has 4 nitrogen and oxygen atoms in total. The largest absolute Gasteiger partial charge is 0.492 e. The number of carbonyl (C=O) groups excluding carboxylic acids is 1. The van der Waals surface area contributed by atoms with Crippen molar-refractivity contribution in [1.82, 2.24) is 10.2 Å². The van der Waals surface area contributed by atoms with Gasteiger partial charge in [0, 0.05) is 11.2 Å². The Morgan fingerprint density at radius 1 is 1.12 bits per heavy atom.